The van der Waals surface area contributed by atoms with E-state index in [2.05, 4.69) is 15.3 Å². The van der Waals surface area contributed by atoms with Gasteiger partial charge in [-0.05, 0) is 66.0 Å². The maximum absolute atomic E-state index is 12.8. The van der Waals surface area contributed by atoms with Crippen LogP contribution in [0.25, 0.3) is 10.9 Å². The summed E-state index contributed by atoms with van der Waals surface area (Å²) in [4.78, 5) is 22.0. The van der Waals surface area contributed by atoms with Gasteiger partial charge in [0.15, 0.2) is 5.11 Å². The maximum Gasteiger partial charge on any atom is 0.253 e. The Labute approximate surface area is 191 Å². The second kappa shape index (κ2) is 9.62. The number of para-hydroxylation sites is 2. The van der Waals surface area contributed by atoms with Gasteiger partial charge in [0.25, 0.3) is 5.56 Å². The average Bonchev–Trinajstić information content (AvgIpc) is 2.80. The van der Waals surface area contributed by atoms with Crippen molar-refractivity contribution in [3.8, 4) is 5.75 Å². The van der Waals surface area contributed by atoms with E-state index < -0.39 is 0 Å². The molecule has 0 aliphatic rings. The first kappa shape index (κ1) is 21.5. The quantitative estimate of drug-likeness (QED) is 0.422. The van der Waals surface area contributed by atoms with Gasteiger partial charge in [0, 0.05) is 30.0 Å². The van der Waals surface area contributed by atoms with Crippen LogP contribution in [0.2, 0.25) is 0 Å². The van der Waals surface area contributed by atoms with Crippen LogP contribution in [0.4, 0.5) is 5.69 Å². The number of nitrogens with zero attached hydrogens (tertiary/aromatic N) is 2. The third kappa shape index (κ3) is 4.95. The number of ether oxygens (including phenoxy) is 1. The molecule has 4 aromatic rings. The fourth-order valence-electron chi connectivity index (χ4n) is 3.54. The van der Waals surface area contributed by atoms with Crippen molar-refractivity contribution < 1.29 is 4.74 Å². The molecule has 0 radical (unpaired) electrons. The number of aromatic amines is 1. The third-order valence-corrected chi connectivity index (χ3v) is 5.53. The second-order valence-corrected chi connectivity index (χ2v) is 7.95. The molecule has 0 amide bonds. The molecule has 0 aliphatic carbocycles. The van der Waals surface area contributed by atoms with Crippen molar-refractivity contribution in [1.82, 2.24) is 14.9 Å². The fourth-order valence-corrected chi connectivity index (χ4v) is 3.78. The molecule has 2 aromatic heterocycles. The SMILES string of the molecule is COc1ccccc1NC(=S)N(Cc1cccnc1)Cc1cc2ccc(C)cc2[nH]c1=O. The Morgan fingerprint density at radius 3 is 2.75 bits per heavy atom. The number of anilines is 1. The summed E-state index contributed by atoms with van der Waals surface area (Å²) in [5, 5.41) is 4.74. The number of H-pyrrole nitrogens is 1. The van der Waals surface area contributed by atoms with Crippen LogP contribution in [0.1, 0.15) is 16.7 Å². The van der Waals surface area contributed by atoms with Crippen LogP contribution in [0.3, 0.4) is 0 Å². The lowest BCUT2D eigenvalue weighted by molar-refractivity contribution is 0.407. The van der Waals surface area contributed by atoms with Crippen LogP contribution in [-0.2, 0) is 13.1 Å². The molecule has 7 heteroatoms. The van der Waals surface area contributed by atoms with E-state index in [4.69, 9.17) is 17.0 Å². The monoisotopic (exact) mass is 444 g/mol. The molecule has 6 nitrogen and oxygen atoms in total. The first-order valence-corrected chi connectivity index (χ1v) is 10.6. The van der Waals surface area contributed by atoms with E-state index in [0.29, 0.717) is 29.5 Å². The van der Waals surface area contributed by atoms with Crippen LogP contribution in [0, 0.1) is 6.92 Å². The minimum atomic E-state index is -0.126. The molecule has 0 aliphatic heterocycles. The number of fused-ring (bicyclic) bond motifs is 1. The Bertz CT molecular complexity index is 1300. The summed E-state index contributed by atoms with van der Waals surface area (Å²) in [5.74, 6) is 0.690. The van der Waals surface area contributed by atoms with Crippen molar-refractivity contribution in [3.05, 3.63) is 100 Å². The Morgan fingerprint density at radius 1 is 1.12 bits per heavy atom. The highest BCUT2D eigenvalue weighted by molar-refractivity contribution is 7.80. The average molecular weight is 445 g/mol. The molecule has 0 spiro atoms. The number of hydrogen-bond acceptors (Lipinski definition) is 4. The molecule has 2 heterocycles. The zero-order chi connectivity index (χ0) is 22.5. The zero-order valence-electron chi connectivity index (χ0n) is 18.0. The van der Waals surface area contributed by atoms with Crippen molar-refractivity contribution in [2.75, 3.05) is 12.4 Å². The summed E-state index contributed by atoms with van der Waals surface area (Å²) in [6, 6.07) is 19.4. The van der Waals surface area contributed by atoms with Crippen molar-refractivity contribution in [1.29, 1.82) is 0 Å². The summed E-state index contributed by atoms with van der Waals surface area (Å²) < 4.78 is 5.43. The van der Waals surface area contributed by atoms with Gasteiger partial charge in [-0.25, -0.2) is 0 Å². The van der Waals surface area contributed by atoms with E-state index in [1.807, 2.05) is 72.5 Å². The number of aromatic nitrogens is 2. The molecule has 4 rings (SSSR count). The van der Waals surface area contributed by atoms with Gasteiger partial charge in [-0.1, -0.05) is 30.3 Å². The highest BCUT2D eigenvalue weighted by Gasteiger charge is 2.16. The number of rotatable bonds is 6. The predicted molar refractivity (Wildman–Crippen MR) is 132 cm³/mol. The number of methoxy groups -OCH3 is 1. The van der Waals surface area contributed by atoms with Crippen molar-refractivity contribution in [2.24, 2.45) is 0 Å². The number of pyridine rings is 2. The molecule has 0 fully saturated rings. The normalized spacial score (nSPS) is 10.7. The summed E-state index contributed by atoms with van der Waals surface area (Å²) in [5.41, 5.74) is 4.19. The topological polar surface area (TPSA) is 70.2 Å². The molecule has 0 saturated heterocycles. The molecule has 162 valence electrons. The Balaban J connectivity index is 1.65. The first-order valence-electron chi connectivity index (χ1n) is 10.2. The van der Waals surface area contributed by atoms with Crippen LogP contribution in [-0.4, -0.2) is 27.1 Å². The second-order valence-electron chi connectivity index (χ2n) is 7.56. The predicted octanol–water partition coefficient (Wildman–Crippen LogP) is 4.64. The van der Waals surface area contributed by atoms with E-state index in [-0.39, 0.29) is 5.56 Å². The van der Waals surface area contributed by atoms with Crippen LogP contribution >= 0.6 is 12.2 Å². The molecular weight excluding hydrogens is 420 g/mol. The number of thiocarbonyl (C=S) groups is 1. The lowest BCUT2D eigenvalue weighted by Crippen LogP contribution is -2.35. The summed E-state index contributed by atoms with van der Waals surface area (Å²) in [6.07, 6.45) is 3.53. The highest BCUT2D eigenvalue weighted by atomic mass is 32.1. The Morgan fingerprint density at radius 2 is 1.97 bits per heavy atom. The minimum Gasteiger partial charge on any atom is -0.495 e. The van der Waals surface area contributed by atoms with Gasteiger partial charge in [-0.15, -0.1) is 0 Å². The first-order chi connectivity index (χ1) is 15.5. The number of benzene rings is 2. The summed E-state index contributed by atoms with van der Waals surface area (Å²) >= 11 is 5.75. The number of nitrogens with one attached hydrogen (secondary N) is 2. The molecular formula is C25H24N4O2S. The van der Waals surface area contributed by atoms with Crippen molar-refractivity contribution >= 4 is 33.9 Å². The number of aryl methyl sites for hydroxylation is 1. The van der Waals surface area contributed by atoms with E-state index in [0.717, 1.165) is 27.7 Å². The van der Waals surface area contributed by atoms with E-state index in [1.54, 1.807) is 19.5 Å². The van der Waals surface area contributed by atoms with Crippen LogP contribution in [0.5, 0.6) is 5.75 Å². The van der Waals surface area contributed by atoms with Gasteiger partial charge in [0.05, 0.1) is 19.3 Å². The highest BCUT2D eigenvalue weighted by Crippen LogP contribution is 2.24. The van der Waals surface area contributed by atoms with Gasteiger partial charge < -0.3 is 19.9 Å². The molecule has 0 unspecified atom stereocenters. The zero-order valence-corrected chi connectivity index (χ0v) is 18.8. The molecule has 32 heavy (non-hydrogen) atoms. The smallest absolute Gasteiger partial charge is 0.253 e. The fraction of sp³-hybridized carbons (Fsp3) is 0.160. The van der Waals surface area contributed by atoms with Crippen molar-refractivity contribution in [2.45, 2.75) is 20.0 Å². The Hall–Kier alpha value is -3.71. The molecule has 0 saturated carbocycles. The number of hydrogen-bond donors (Lipinski definition) is 2. The van der Waals surface area contributed by atoms with Crippen LogP contribution in [0.15, 0.2) is 77.9 Å². The Kier molecular flexibility index (Phi) is 6.47. The van der Waals surface area contributed by atoms with Gasteiger partial charge in [-0.3, -0.25) is 9.78 Å². The van der Waals surface area contributed by atoms with Gasteiger partial charge >= 0.3 is 0 Å². The molecule has 0 bridgehead atoms. The lowest BCUT2D eigenvalue weighted by Gasteiger charge is -2.26. The summed E-state index contributed by atoms with van der Waals surface area (Å²) in [6.45, 7) is 2.85. The molecule has 2 aromatic carbocycles. The molecule has 2 N–H and O–H groups in total. The van der Waals surface area contributed by atoms with Crippen LogP contribution < -0.4 is 15.6 Å². The van der Waals surface area contributed by atoms with E-state index >= 15 is 0 Å². The summed E-state index contributed by atoms with van der Waals surface area (Å²) in [7, 11) is 1.62. The standard InChI is InChI=1S/C25H24N4O2S/c1-17-9-10-19-13-20(24(30)27-22(19)12-17)16-29(15-18-6-5-11-26-14-18)25(32)28-21-7-3-4-8-23(21)31-2/h3-14H,15-16H2,1-2H3,(H,27,30)(H,28,32). The maximum atomic E-state index is 12.8. The van der Waals surface area contributed by atoms with Gasteiger partial charge in [0.1, 0.15) is 5.75 Å². The minimum absolute atomic E-state index is 0.126. The third-order valence-electron chi connectivity index (χ3n) is 5.17. The molecule has 0 atom stereocenters. The van der Waals surface area contributed by atoms with Crippen molar-refractivity contribution in [3.63, 3.8) is 0 Å². The van der Waals surface area contributed by atoms with Gasteiger partial charge in [0.2, 0.25) is 0 Å². The van der Waals surface area contributed by atoms with Gasteiger partial charge in [-0.2, -0.15) is 0 Å². The van der Waals surface area contributed by atoms with E-state index in [9.17, 15) is 4.79 Å². The largest absolute Gasteiger partial charge is 0.495 e. The van der Waals surface area contributed by atoms with E-state index in [1.165, 1.54) is 0 Å². The lowest BCUT2D eigenvalue weighted by atomic mass is 10.1.